The van der Waals surface area contributed by atoms with Crippen LogP contribution in [0.5, 0.6) is 11.5 Å². The van der Waals surface area contributed by atoms with Gasteiger partial charge < -0.3 is 24.8 Å². The summed E-state index contributed by atoms with van der Waals surface area (Å²) in [5.74, 6) is 2.39. The number of anilines is 1. The number of hydrogen-bond donors (Lipinski definition) is 2. The van der Waals surface area contributed by atoms with Gasteiger partial charge in [0.1, 0.15) is 11.5 Å². The van der Waals surface area contributed by atoms with Gasteiger partial charge in [-0.15, -0.1) is 24.0 Å². The Morgan fingerprint density at radius 2 is 1.79 bits per heavy atom. The summed E-state index contributed by atoms with van der Waals surface area (Å²) in [6.45, 7) is 6.02. The third-order valence-corrected chi connectivity index (χ3v) is 3.84. The molecule has 0 amide bonds. The van der Waals surface area contributed by atoms with Crippen LogP contribution in [0.1, 0.15) is 25.8 Å². The average molecular weight is 513 g/mol. The molecule has 0 aromatic heterocycles. The zero-order valence-corrected chi connectivity index (χ0v) is 19.9. The van der Waals surface area contributed by atoms with E-state index in [0.717, 1.165) is 29.2 Å². The first-order valence-electron chi connectivity index (χ1n) is 9.55. The van der Waals surface area contributed by atoms with Gasteiger partial charge in [0.15, 0.2) is 5.96 Å². The molecule has 29 heavy (non-hydrogen) atoms. The fourth-order valence-electron chi connectivity index (χ4n) is 2.52. The molecule has 2 aromatic rings. The molecule has 7 heteroatoms. The summed E-state index contributed by atoms with van der Waals surface area (Å²) in [5.41, 5.74) is 2.06. The molecule has 0 heterocycles. The Morgan fingerprint density at radius 1 is 1.03 bits per heavy atom. The summed E-state index contributed by atoms with van der Waals surface area (Å²) in [6.07, 6.45) is 1.03. The number of aliphatic imine (C=N–C) groups is 1. The molecule has 0 aliphatic carbocycles. The van der Waals surface area contributed by atoms with Crippen LogP contribution in [0, 0.1) is 0 Å². The summed E-state index contributed by atoms with van der Waals surface area (Å²) in [7, 11) is 3.44. The van der Waals surface area contributed by atoms with Crippen molar-refractivity contribution in [1.82, 2.24) is 5.32 Å². The van der Waals surface area contributed by atoms with E-state index in [-0.39, 0.29) is 30.1 Å². The van der Waals surface area contributed by atoms with Crippen LogP contribution in [0.3, 0.4) is 0 Å². The van der Waals surface area contributed by atoms with Crippen molar-refractivity contribution in [3.8, 4) is 11.5 Å². The number of nitrogens with zero attached hydrogens (tertiary/aromatic N) is 1. The van der Waals surface area contributed by atoms with E-state index in [2.05, 4.69) is 15.6 Å². The van der Waals surface area contributed by atoms with Gasteiger partial charge in [-0.2, -0.15) is 0 Å². The summed E-state index contributed by atoms with van der Waals surface area (Å²) in [5, 5.41) is 6.60. The largest absolute Gasteiger partial charge is 0.493 e. The molecule has 0 unspecified atom stereocenters. The molecule has 0 spiro atoms. The summed E-state index contributed by atoms with van der Waals surface area (Å²) in [6, 6.07) is 15.9. The van der Waals surface area contributed by atoms with E-state index in [1.165, 1.54) is 0 Å². The molecule has 0 radical (unpaired) electrons. The highest BCUT2D eigenvalue weighted by Gasteiger charge is 2.03. The molecule has 0 saturated carbocycles. The number of rotatable bonds is 10. The molecule has 0 aliphatic heterocycles. The number of benzene rings is 2. The Morgan fingerprint density at radius 3 is 2.45 bits per heavy atom. The summed E-state index contributed by atoms with van der Waals surface area (Å²) < 4.78 is 16.4. The minimum Gasteiger partial charge on any atom is -0.493 e. The van der Waals surface area contributed by atoms with Crippen molar-refractivity contribution in [2.45, 2.75) is 32.9 Å². The highest BCUT2D eigenvalue weighted by atomic mass is 127. The van der Waals surface area contributed by atoms with Gasteiger partial charge in [-0.3, -0.25) is 4.99 Å². The van der Waals surface area contributed by atoms with E-state index in [1.54, 1.807) is 14.2 Å². The van der Waals surface area contributed by atoms with Crippen molar-refractivity contribution < 1.29 is 14.2 Å². The molecule has 0 fully saturated rings. The van der Waals surface area contributed by atoms with Gasteiger partial charge in [0.2, 0.25) is 0 Å². The molecule has 160 valence electrons. The predicted octanol–water partition coefficient (Wildman–Crippen LogP) is 4.69. The molecule has 0 saturated heterocycles. The lowest BCUT2D eigenvalue weighted by Gasteiger charge is -2.14. The second-order valence-corrected chi connectivity index (χ2v) is 6.58. The molecule has 0 aliphatic rings. The maximum absolute atomic E-state index is 5.74. The smallest absolute Gasteiger partial charge is 0.195 e. The fraction of sp³-hybridized carbons (Fsp3) is 0.409. The van der Waals surface area contributed by atoms with Gasteiger partial charge in [0, 0.05) is 45.5 Å². The van der Waals surface area contributed by atoms with E-state index >= 15 is 0 Å². The fourth-order valence-corrected chi connectivity index (χ4v) is 2.52. The average Bonchev–Trinajstić information content (AvgIpc) is 2.69. The Labute approximate surface area is 191 Å². The van der Waals surface area contributed by atoms with Crippen LogP contribution in [-0.2, 0) is 11.3 Å². The van der Waals surface area contributed by atoms with Crippen molar-refractivity contribution >= 4 is 35.6 Å². The van der Waals surface area contributed by atoms with Gasteiger partial charge in [0.25, 0.3) is 0 Å². The third-order valence-electron chi connectivity index (χ3n) is 3.84. The van der Waals surface area contributed by atoms with Crippen molar-refractivity contribution in [2.75, 3.05) is 32.7 Å². The predicted molar refractivity (Wildman–Crippen MR) is 130 cm³/mol. The maximum Gasteiger partial charge on any atom is 0.195 e. The van der Waals surface area contributed by atoms with E-state index in [1.807, 2.05) is 62.4 Å². The molecule has 0 atom stereocenters. The minimum atomic E-state index is 0. The van der Waals surface area contributed by atoms with Crippen LogP contribution in [0.4, 0.5) is 5.69 Å². The van der Waals surface area contributed by atoms with Gasteiger partial charge in [0.05, 0.1) is 12.7 Å². The molecular weight excluding hydrogens is 481 g/mol. The number of halogens is 1. The van der Waals surface area contributed by atoms with Crippen LogP contribution in [0.15, 0.2) is 53.5 Å². The van der Waals surface area contributed by atoms with Crippen molar-refractivity contribution in [3.05, 3.63) is 54.1 Å². The second kappa shape index (κ2) is 14.1. The van der Waals surface area contributed by atoms with Crippen LogP contribution in [0.25, 0.3) is 0 Å². The Hall–Kier alpha value is -2.00. The zero-order chi connectivity index (χ0) is 20.2. The van der Waals surface area contributed by atoms with Gasteiger partial charge in [-0.05, 0) is 43.7 Å². The lowest BCUT2D eigenvalue weighted by molar-refractivity contribution is 0.172. The SMILES string of the molecule is CN=C(NCc1ccc(OC(C)C)cc1)Nc1cccc(OCCCOC)c1.I. The zero-order valence-electron chi connectivity index (χ0n) is 17.6. The van der Waals surface area contributed by atoms with Crippen molar-refractivity contribution in [2.24, 2.45) is 4.99 Å². The normalized spacial score (nSPS) is 11.0. The second-order valence-electron chi connectivity index (χ2n) is 6.58. The standard InChI is InChI=1S/C22H31N3O3.HI/c1-17(2)28-20-11-9-18(10-12-20)16-24-22(23-3)25-19-7-5-8-21(15-19)27-14-6-13-26-4;/h5,7-12,15,17H,6,13-14,16H2,1-4H3,(H2,23,24,25);1H. The first-order valence-corrected chi connectivity index (χ1v) is 9.55. The molecular formula is C22H32IN3O3. The number of hydrogen-bond acceptors (Lipinski definition) is 4. The molecule has 0 bridgehead atoms. The lowest BCUT2D eigenvalue weighted by Crippen LogP contribution is -2.30. The lowest BCUT2D eigenvalue weighted by atomic mass is 10.2. The van der Waals surface area contributed by atoms with Crippen LogP contribution in [0.2, 0.25) is 0 Å². The Kier molecular flexibility index (Phi) is 12.1. The highest BCUT2D eigenvalue weighted by molar-refractivity contribution is 14.0. The van der Waals surface area contributed by atoms with Crippen LogP contribution >= 0.6 is 24.0 Å². The Bertz CT molecular complexity index is 736. The molecule has 2 aromatic carbocycles. The summed E-state index contributed by atoms with van der Waals surface area (Å²) in [4.78, 5) is 4.28. The topological polar surface area (TPSA) is 64.1 Å². The van der Waals surface area contributed by atoms with Gasteiger partial charge in [-0.25, -0.2) is 0 Å². The Balaban J connectivity index is 0.00000420. The van der Waals surface area contributed by atoms with Crippen LogP contribution < -0.4 is 20.1 Å². The molecule has 2 rings (SSSR count). The van der Waals surface area contributed by atoms with E-state index in [0.29, 0.717) is 25.7 Å². The van der Waals surface area contributed by atoms with Crippen LogP contribution in [-0.4, -0.2) is 39.4 Å². The van der Waals surface area contributed by atoms with E-state index in [9.17, 15) is 0 Å². The first-order chi connectivity index (χ1) is 13.6. The first kappa shape index (κ1) is 25.0. The number of methoxy groups -OCH3 is 1. The van der Waals surface area contributed by atoms with E-state index < -0.39 is 0 Å². The maximum atomic E-state index is 5.74. The van der Waals surface area contributed by atoms with Crippen molar-refractivity contribution in [3.63, 3.8) is 0 Å². The minimum absolute atomic E-state index is 0. The third kappa shape index (κ3) is 9.85. The van der Waals surface area contributed by atoms with Gasteiger partial charge in [-0.1, -0.05) is 18.2 Å². The number of nitrogens with one attached hydrogen (secondary N) is 2. The monoisotopic (exact) mass is 513 g/mol. The number of guanidine groups is 1. The van der Waals surface area contributed by atoms with Crippen molar-refractivity contribution in [1.29, 1.82) is 0 Å². The van der Waals surface area contributed by atoms with Gasteiger partial charge >= 0.3 is 0 Å². The van der Waals surface area contributed by atoms with E-state index in [4.69, 9.17) is 14.2 Å². The quantitative estimate of drug-likeness (QED) is 0.209. The number of ether oxygens (including phenoxy) is 3. The summed E-state index contributed by atoms with van der Waals surface area (Å²) >= 11 is 0. The highest BCUT2D eigenvalue weighted by Crippen LogP contribution is 2.18. The molecule has 6 nitrogen and oxygen atoms in total. The molecule has 2 N–H and O–H groups in total.